The van der Waals surface area contributed by atoms with E-state index in [4.69, 9.17) is 22.2 Å². The molecule has 0 aliphatic heterocycles. The van der Waals surface area contributed by atoms with Crippen molar-refractivity contribution in [3.05, 3.63) is 59.2 Å². The molecule has 2 aromatic carbocycles. The summed E-state index contributed by atoms with van der Waals surface area (Å²) >= 11 is 5.17. The molecule has 0 fully saturated rings. The fourth-order valence-corrected chi connectivity index (χ4v) is 2.44. The Morgan fingerprint density at radius 3 is 2.58 bits per heavy atom. The number of carbonyl (C=O) groups is 1. The van der Waals surface area contributed by atoms with Crippen LogP contribution in [0.3, 0.4) is 0 Å². The maximum atomic E-state index is 12.4. The summed E-state index contributed by atoms with van der Waals surface area (Å²) in [6.45, 7) is 1.87. The summed E-state index contributed by atoms with van der Waals surface area (Å²) in [5.74, 6) is 0.188. The van der Waals surface area contributed by atoms with Crippen molar-refractivity contribution in [1.82, 2.24) is 5.32 Å². The summed E-state index contributed by atoms with van der Waals surface area (Å²) in [6.07, 6.45) is 0.356. The number of nitriles is 1. The second-order valence-corrected chi connectivity index (χ2v) is 5.50. The Hall–Kier alpha value is -2.91. The Morgan fingerprint density at radius 2 is 1.96 bits per heavy atom. The van der Waals surface area contributed by atoms with Gasteiger partial charge in [-0.1, -0.05) is 24.3 Å². The van der Waals surface area contributed by atoms with E-state index in [1.165, 1.54) is 7.11 Å². The van der Waals surface area contributed by atoms with Gasteiger partial charge in [0.25, 0.3) is 5.91 Å². The van der Waals surface area contributed by atoms with E-state index >= 15 is 0 Å². The lowest BCUT2D eigenvalue weighted by atomic mass is 10.1. The highest BCUT2D eigenvalue weighted by molar-refractivity contribution is 7.80. The molecular weight excluding hydrogens is 322 g/mol. The van der Waals surface area contributed by atoms with Gasteiger partial charge in [0.15, 0.2) is 5.11 Å². The molecule has 0 spiro atoms. The van der Waals surface area contributed by atoms with Gasteiger partial charge in [-0.05, 0) is 48.5 Å². The van der Waals surface area contributed by atoms with Crippen LogP contribution in [0, 0.1) is 18.3 Å². The maximum absolute atomic E-state index is 12.4. The zero-order valence-electron chi connectivity index (χ0n) is 13.4. The number of para-hydroxylation sites is 1. The number of benzene rings is 2. The standard InChI is InChI=1S/C18H17N3O2S/c1-12-4-3-5-15(16(12)23-2)17(22)21-18(24)20-14-8-6-13(7-9-14)10-11-19/h3-9H,10H2,1-2H3,(H2,20,21,22,24). The molecular formula is C18H17N3O2S. The summed E-state index contributed by atoms with van der Waals surface area (Å²) < 4.78 is 5.28. The van der Waals surface area contributed by atoms with Gasteiger partial charge in [-0.15, -0.1) is 0 Å². The van der Waals surface area contributed by atoms with Crippen molar-refractivity contribution in [1.29, 1.82) is 5.26 Å². The van der Waals surface area contributed by atoms with Gasteiger partial charge in [0.1, 0.15) is 5.75 Å². The number of anilines is 1. The Morgan fingerprint density at radius 1 is 1.25 bits per heavy atom. The van der Waals surface area contributed by atoms with Crippen molar-refractivity contribution < 1.29 is 9.53 Å². The van der Waals surface area contributed by atoms with Crippen LogP contribution < -0.4 is 15.4 Å². The highest BCUT2D eigenvalue weighted by atomic mass is 32.1. The second kappa shape index (κ2) is 8.09. The molecule has 122 valence electrons. The van der Waals surface area contributed by atoms with Crippen molar-refractivity contribution in [2.45, 2.75) is 13.3 Å². The number of aryl methyl sites for hydroxylation is 1. The zero-order valence-corrected chi connectivity index (χ0v) is 14.2. The minimum absolute atomic E-state index is 0.191. The lowest BCUT2D eigenvalue weighted by molar-refractivity contribution is 0.0974. The van der Waals surface area contributed by atoms with Gasteiger partial charge in [0.05, 0.1) is 25.2 Å². The van der Waals surface area contributed by atoms with Gasteiger partial charge in [0.2, 0.25) is 0 Å². The van der Waals surface area contributed by atoms with Crippen LogP contribution in [-0.4, -0.2) is 18.1 Å². The molecule has 0 heterocycles. The fourth-order valence-electron chi connectivity index (χ4n) is 2.23. The number of methoxy groups -OCH3 is 1. The summed E-state index contributed by atoms with van der Waals surface area (Å²) in [4.78, 5) is 12.4. The molecule has 5 nitrogen and oxygen atoms in total. The largest absolute Gasteiger partial charge is 0.496 e. The third-order valence-corrected chi connectivity index (χ3v) is 3.59. The first kappa shape index (κ1) is 17.4. The zero-order chi connectivity index (χ0) is 17.5. The molecule has 0 saturated heterocycles. The van der Waals surface area contributed by atoms with Crippen LogP contribution in [0.15, 0.2) is 42.5 Å². The third-order valence-electron chi connectivity index (χ3n) is 3.38. The van der Waals surface area contributed by atoms with Crippen LogP contribution in [0.2, 0.25) is 0 Å². The molecule has 0 unspecified atom stereocenters. The molecule has 0 atom stereocenters. The minimum Gasteiger partial charge on any atom is -0.496 e. The number of nitrogens with one attached hydrogen (secondary N) is 2. The van der Waals surface area contributed by atoms with Crippen molar-refractivity contribution in [3.8, 4) is 11.8 Å². The SMILES string of the molecule is COc1c(C)cccc1C(=O)NC(=S)Nc1ccc(CC#N)cc1. The highest BCUT2D eigenvalue weighted by Gasteiger charge is 2.15. The van der Waals surface area contributed by atoms with E-state index in [1.54, 1.807) is 24.3 Å². The summed E-state index contributed by atoms with van der Waals surface area (Å²) in [6, 6.07) is 14.7. The Labute approximate surface area is 146 Å². The van der Waals surface area contributed by atoms with Crippen molar-refractivity contribution in [3.63, 3.8) is 0 Å². The molecule has 0 aromatic heterocycles. The number of ether oxygens (including phenoxy) is 1. The fraction of sp³-hybridized carbons (Fsp3) is 0.167. The molecule has 0 aliphatic rings. The first-order valence-electron chi connectivity index (χ1n) is 7.27. The van der Waals surface area contributed by atoms with Crippen molar-refractivity contribution >= 4 is 28.9 Å². The minimum atomic E-state index is -0.339. The summed E-state index contributed by atoms with van der Waals surface area (Å²) in [5, 5.41) is 14.4. The van der Waals surface area contributed by atoms with Crippen LogP contribution in [0.1, 0.15) is 21.5 Å². The molecule has 6 heteroatoms. The average Bonchev–Trinajstić information content (AvgIpc) is 2.56. The van der Waals surface area contributed by atoms with Crippen LogP contribution in [0.5, 0.6) is 5.75 Å². The van der Waals surface area contributed by atoms with Gasteiger partial charge in [-0.2, -0.15) is 5.26 Å². The predicted molar refractivity (Wildman–Crippen MR) is 97.2 cm³/mol. The van der Waals surface area contributed by atoms with Crippen LogP contribution >= 0.6 is 12.2 Å². The van der Waals surface area contributed by atoms with E-state index in [2.05, 4.69) is 16.7 Å². The number of hydrogen-bond acceptors (Lipinski definition) is 4. The number of nitrogens with zero attached hydrogens (tertiary/aromatic N) is 1. The van der Waals surface area contributed by atoms with E-state index in [1.807, 2.05) is 25.1 Å². The Kier molecular flexibility index (Phi) is 5.88. The van der Waals surface area contributed by atoms with Gasteiger partial charge in [-0.3, -0.25) is 10.1 Å². The molecule has 2 aromatic rings. The lowest BCUT2D eigenvalue weighted by Gasteiger charge is -2.13. The normalized spacial score (nSPS) is 9.71. The van der Waals surface area contributed by atoms with Gasteiger partial charge >= 0.3 is 0 Å². The van der Waals surface area contributed by atoms with Crippen LogP contribution in [0.25, 0.3) is 0 Å². The molecule has 0 radical (unpaired) electrons. The van der Waals surface area contributed by atoms with Gasteiger partial charge in [0, 0.05) is 5.69 Å². The molecule has 2 N–H and O–H groups in total. The van der Waals surface area contributed by atoms with Gasteiger partial charge < -0.3 is 10.1 Å². The second-order valence-electron chi connectivity index (χ2n) is 5.10. The van der Waals surface area contributed by atoms with Crippen LogP contribution in [0.4, 0.5) is 5.69 Å². The number of hydrogen-bond donors (Lipinski definition) is 2. The maximum Gasteiger partial charge on any atom is 0.261 e. The Balaban J connectivity index is 2.03. The number of thiocarbonyl (C=S) groups is 1. The summed E-state index contributed by atoms with van der Waals surface area (Å²) in [7, 11) is 1.53. The van der Waals surface area contributed by atoms with Crippen molar-refractivity contribution in [2.75, 3.05) is 12.4 Å². The lowest BCUT2D eigenvalue weighted by Crippen LogP contribution is -2.34. The smallest absolute Gasteiger partial charge is 0.261 e. The predicted octanol–water partition coefficient (Wildman–Crippen LogP) is 3.20. The first-order valence-corrected chi connectivity index (χ1v) is 7.67. The van der Waals surface area contributed by atoms with E-state index in [0.717, 1.165) is 16.8 Å². The highest BCUT2D eigenvalue weighted by Crippen LogP contribution is 2.22. The van der Waals surface area contributed by atoms with E-state index < -0.39 is 0 Å². The summed E-state index contributed by atoms with van der Waals surface area (Å²) in [5.41, 5.74) is 2.95. The molecule has 0 bridgehead atoms. The van der Waals surface area contributed by atoms with E-state index in [9.17, 15) is 4.79 Å². The molecule has 2 rings (SSSR count). The molecule has 0 aliphatic carbocycles. The Bertz CT molecular complexity index is 795. The van der Waals surface area contributed by atoms with Crippen LogP contribution in [-0.2, 0) is 6.42 Å². The number of carbonyl (C=O) groups excluding carboxylic acids is 1. The molecule has 24 heavy (non-hydrogen) atoms. The van der Waals surface area contributed by atoms with E-state index in [0.29, 0.717) is 17.7 Å². The van der Waals surface area contributed by atoms with Gasteiger partial charge in [-0.25, -0.2) is 0 Å². The first-order chi connectivity index (χ1) is 11.5. The monoisotopic (exact) mass is 339 g/mol. The number of amides is 1. The molecule has 0 saturated carbocycles. The number of rotatable bonds is 4. The third kappa shape index (κ3) is 4.31. The van der Waals surface area contributed by atoms with E-state index in [-0.39, 0.29) is 11.0 Å². The quantitative estimate of drug-likeness (QED) is 0.837. The topological polar surface area (TPSA) is 74.2 Å². The van der Waals surface area contributed by atoms with Crippen molar-refractivity contribution in [2.24, 2.45) is 0 Å². The average molecular weight is 339 g/mol. The molecule has 1 amide bonds.